The first-order chi connectivity index (χ1) is 11.5. The second-order valence-electron chi connectivity index (χ2n) is 6.16. The molecule has 0 saturated carbocycles. The summed E-state index contributed by atoms with van der Waals surface area (Å²) in [7, 11) is 1.71. The van der Waals surface area contributed by atoms with Crippen molar-refractivity contribution < 1.29 is 9.53 Å². The molecule has 122 valence electrons. The molecule has 1 amide bonds. The van der Waals surface area contributed by atoms with Crippen LogP contribution in [0.5, 0.6) is 0 Å². The highest BCUT2D eigenvalue weighted by molar-refractivity contribution is 6.06. The van der Waals surface area contributed by atoms with E-state index in [1.807, 2.05) is 6.07 Å². The lowest BCUT2D eigenvalue weighted by Crippen LogP contribution is -2.44. The van der Waals surface area contributed by atoms with E-state index in [0.29, 0.717) is 29.5 Å². The van der Waals surface area contributed by atoms with Crippen LogP contribution in [0.3, 0.4) is 0 Å². The van der Waals surface area contributed by atoms with Crippen molar-refractivity contribution in [2.75, 3.05) is 20.2 Å². The lowest BCUT2D eigenvalue weighted by atomic mass is 9.91. The van der Waals surface area contributed by atoms with Crippen molar-refractivity contribution in [3.8, 4) is 6.07 Å². The van der Waals surface area contributed by atoms with Gasteiger partial charge in [0.1, 0.15) is 17.0 Å². The Kier molecular flexibility index (Phi) is 4.06. The summed E-state index contributed by atoms with van der Waals surface area (Å²) in [6.07, 6.45) is 3.16. The molecule has 24 heavy (non-hydrogen) atoms. The van der Waals surface area contributed by atoms with E-state index in [2.05, 4.69) is 34.1 Å². The molecular formula is C18H18N4O2. The number of amides is 1. The molecule has 1 saturated heterocycles. The van der Waals surface area contributed by atoms with E-state index in [-0.39, 0.29) is 11.2 Å². The van der Waals surface area contributed by atoms with E-state index in [1.54, 1.807) is 13.2 Å². The summed E-state index contributed by atoms with van der Waals surface area (Å²) < 4.78 is 5.57. The largest absolute Gasteiger partial charge is 0.378 e. The van der Waals surface area contributed by atoms with E-state index >= 15 is 0 Å². The van der Waals surface area contributed by atoms with Crippen molar-refractivity contribution in [3.63, 3.8) is 0 Å². The van der Waals surface area contributed by atoms with E-state index < -0.39 is 5.91 Å². The molecule has 1 aromatic heterocycles. The fraction of sp³-hybridized carbons (Fsp3) is 0.389. The van der Waals surface area contributed by atoms with Crippen LogP contribution in [0.2, 0.25) is 0 Å². The normalized spacial score (nSPS) is 19.2. The van der Waals surface area contributed by atoms with Gasteiger partial charge < -0.3 is 9.64 Å². The highest BCUT2D eigenvalue weighted by Crippen LogP contribution is 2.31. The maximum absolute atomic E-state index is 12.2. The first-order valence-corrected chi connectivity index (χ1v) is 7.75. The average molecular weight is 322 g/mol. The molecule has 6 nitrogen and oxygen atoms in total. The molecule has 0 N–H and O–H groups in total. The third-order valence-electron chi connectivity index (χ3n) is 4.73. The minimum absolute atomic E-state index is 0.0738. The molecule has 1 fully saturated rings. The quantitative estimate of drug-likeness (QED) is 0.794. The minimum atomic E-state index is -0.516. The van der Waals surface area contributed by atoms with Crippen LogP contribution in [0.4, 0.5) is 0 Å². The zero-order valence-corrected chi connectivity index (χ0v) is 13.8. The molecule has 0 bridgehead atoms. The van der Waals surface area contributed by atoms with Crippen molar-refractivity contribution in [3.05, 3.63) is 40.7 Å². The third kappa shape index (κ3) is 2.65. The van der Waals surface area contributed by atoms with Crippen LogP contribution >= 0.6 is 0 Å². The van der Waals surface area contributed by atoms with Gasteiger partial charge in [-0.1, -0.05) is 6.58 Å². The Morgan fingerprint density at radius 1 is 1.42 bits per heavy atom. The standard InChI is InChI=1S/C18H18N4O2/c1-4-12-9-13-15(11-20-12)21-17(23)14(10-19)16(13)22-7-5-18(2,24-3)6-8-22/h9,11H,1,5-8H2,2-3H3. The third-order valence-corrected chi connectivity index (χ3v) is 4.73. The SMILES string of the molecule is C=C=c1cc2c(cn1)=NC(=O)C(C#N)=C2N1CCC(C)(OC)CC1. The molecule has 0 unspecified atom stereocenters. The molecule has 2 aliphatic rings. The highest BCUT2D eigenvalue weighted by Gasteiger charge is 2.34. The summed E-state index contributed by atoms with van der Waals surface area (Å²) in [5, 5.41) is 10.5. The number of hydrogen-bond donors (Lipinski definition) is 0. The number of hydrogen-bond acceptors (Lipinski definition) is 5. The van der Waals surface area contributed by atoms with Gasteiger partial charge in [-0.3, -0.25) is 4.79 Å². The van der Waals surface area contributed by atoms with Crippen LogP contribution in [0.1, 0.15) is 25.3 Å². The highest BCUT2D eigenvalue weighted by atomic mass is 16.5. The Hall–Kier alpha value is -2.74. The Balaban J connectivity index is 2.12. The number of piperidine rings is 1. The average Bonchev–Trinajstić information content (AvgIpc) is 2.61. The maximum atomic E-state index is 12.2. The van der Waals surface area contributed by atoms with Gasteiger partial charge in [0.15, 0.2) is 0 Å². The van der Waals surface area contributed by atoms with Crippen molar-refractivity contribution in [2.45, 2.75) is 25.4 Å². The van der Waals surface area contributed by atoms with Crippen LogP contribution in [-0.4, -0.2) is 41.6 Å². The van der Waals surface area contributed by atoms with Gasteiger partial charge in [0.25, 0.3) is 5.91 Å². The van der Waals surface area contributed by atoms with Gasteiger partial charge in [0.2, 0.25) is 0 Å². The number of nitrogens with zero attached hydrogens (tertiary/aromatic N) is 4. The van der Waals surface area contributed by atoms with Crippen LogP contribution < -0.4 is 10.7 Å². The minimum Gasteiger partial charge on any atom is -0.378 e. The predicted octanol–water partition coefficient (Wildman–Crippen LogP) is 0.542. The zero-order valence-electron chi connectivity index (χ0n) is 13.8. The summed E-state index contributed by atoms with van der Waals surface area (Å²) in [6.45, 7) is 7.09. The molecule has 0 atom stereocenters. The van der Waals surface area contributed by atoms with Gasteiger partial charge >= 0.3 is 0 Å². The van der Waals surface area contributed by atoms with Crippen LogP contribution in [0.25, 0.3) is 11.4 Å². The number of rotatable bonds is 2. The number of methoxy groups -OCH3 is 1. The van der Waals surface area contributed by atoms with Crippen molar-refractivity contribution >= 4 is 17.3 Å². The van der Waals surface area contributed by atoms with E-state index in [0.717, 1.165) is 18.4 Å². The molecular weight excluding hydrogens is 304 g/mol. The number of nitriles is 1. The van der Waals surface area contributed by atoms with Crippen LogP contribution in [0.15, 0.2) is 29.4 Å². The predicted molar refractivity (Wildman–Crippen MR) is 87.8 cm³/mol. The molecule has 3 heterocycles. The summed E-state index contributed by atoms with van der Waals surface area (Å²) >= 11 is 0. The lowest BCUT2D eigenvalue weighted by molar-refractivity contribution is -0.114. The molecule has 3 rings (SSSR count). The molecule has 0 aliphatic carbocycles. The second kappa shape index (κ2) is 6.04. The van der Waals surface area contributed by atoms with Gasteiger partial charge in [-0.15, -0.1) is 5.73 Å². The molecule has 1 aromatic rings. The van der Waals surface area contributed by atoms with Crippen molar-refractivity contribution in [1.29, 1.82) is 5.26 Å². The molecule has 0 radical (unpaired) electrons. The summed E-state index contributed by atoms with van der Waals surface area (Å²) in [5.74, 6) is -0.516. The Morgan fingerprint density at radius 2 is 2.12 bits per heavy atom. The molecule has 0 aromatic carbocycles. The Morgan fingerprint density at radius 3 is 2.71 bits per heavy atom. The number of pyridine rings is 1. The molecule has 0 spiro atoms. The van der Waals surface area contributed by atoms with Gasteiger partial charge in [-0.2, -0.15) is 5.26 Å². The van der Waals surface area contributed by atoms with Gasteiger partial charge in [-0.25, -0.2) is 9.98 Å². The molecule has 6 heteroatoms. The number of likely N-dealkylation sites (tertiary alicyclic amines) is 1. The number of carbonyl (C=O) groups is 1. The van der Waals surface area contributed by atoms with E-state index in [9.17, 15) is 10.1 Å². The van der Waals surface area contributed by atoms with Crippen molar-refractivity contribution in [1.82, 2.24) is 9.88 Å². The molecule has 2 aliphatic heterocycles. The smallest absolute Gasteiger partial charge is 0.290 e. The number of fused-ring (bicyclic) bond motifs is 1. The first kappa shape index (κ1) is 16.1. The lowest BCUT2D eigenvalue weighted by Gasteiger charge is -2.41. The number of aromatic nitrogens is 1. The van der Waals surface area contributed by atoms with Crippen LogP contribution in [-0.2, 0) is 9.53 Å². The Bertz CT molecular complexity index is 911. The number of ether oxygens (including phenoxy) is 1. The van der Waals surface area contributed by atoms with Crippen LogP contribution in [0, 0.1) is 11.3 Å². The summed E-state index contributed by atoms with van der Waals surface area (Å²) in [4.78, 5) is 22.4. The fourth-order valence-electron chi connectivity index (χ4n) is 3.06. The summed E-state index contributed by atoms with van der Waals surface area (Å²) in [5.41, 5.74) is 4.00. The summed E-state index contributed by atoms with van der Waals surface area (Å²) in [6, 6.07) is 3.79. The topological polar surface area (TPSA) is 78.6 Å². The van der Waals surface area contributed by atoms with Crippen molar-refractivity contribution in [2.24, 2.45) is 4.99 Å². The van der Waals surface area contributed by atoms with E-state index in [1.165, 1.54) is 6.20 Å². The number of carbonyl (C=O) groups excluding carboxylic acids is 1. The monoisotopic (exact) mass is 322 g/mol. The fourth-order valence-corrected chi connectivity index (χ4v) is 3.06. The van der Waals surface area contributed by atoms with Gasteiger partial charge in [0.05, 0.1) is 22.9 Å². The van der Waals surface area contributed by atoms with Gasteiger partial charge in [0, 0.05) is 25.8 Å². The van der Waals surface area contributed by atoms with Gasteiger partial charge in [-0.05, 0) is 25.8 Å². The first-order valence-electron chi connectivity index (χ1n) is 7.75. The second-order valence-corrected chi connectivity index (χ2v) is 6.16. The maximum Gasteiger partial charge on any atom is 0.290 e. The van der Waals surface area contributed by atoms with E-state index in [4.69, 9.17) is 4.74 Å². The zero-order chi connectivity index (χ0) is 17.3. The Labute approximate surface area is 140 Å².